The summed E-state index contributed by atoms with van der Waals surface area (Å²) in [6.07, 6.45) is -1.57. The van der Waals surface area contributed by atoms with Gasteiger partial charge in [0, 0.05) is 17.6 Å². The molecule has 9 nitrogen and oxygen atoms in total. The number of amides is 2. The number of aliphatic imine (C=N–C) groups is 1. The second kappa shape index (κ2) is 8.12. The fraction of sp³-hybridized carbons (Fsp3) is 0.200. The van der Waals surface area contributed by atoms with Crippen LogP contribution in [0.15, 0.2) is 35.3 Å². The number of anilines is 3. The largest absolute Gasteiger partial charge is 0.465 e. The van der Waals surface area contributed by atoms with Crippen molar-refractivity contribution in [2.75, 3.05) is 18.1 Å². The van der Waals surface area contributed by atoms with Gasteiger partial charge in [0.1, 0.15) is 6.07 Å². The van der Waals surface area contributed by atoms with Crippen LogP contribution in [0.25, 0.3) is 0 Å². The second-order valence-electron chi connectivity index (χ2n) is 7.09. The first-order valence-corrected chi connectivity index (χ1v) is 9.35. The minimum atomic E-state index is -1.40. The Kier molecular flexibility index (Phi) is 5.73. The molecular formula is C20H18ClFN6O3. The summed E-state index contributed by atoms with van der Waals surface area (Å²) in [5, 5.41) is 23.3. The average molecular weight is 445 g/mol. The molecule has 31 heavy (non-hydrogen) atoms. The van der Waals surface area contributed by atoms with Crippen molar-refractivity contribution >= 4 is 46.6 Å². The molecule has 0 fully saturated rings. The molecule has 1 atom stereocenters. The number of hydrogen-bond donors (Lipinski definition) is 4. The maximum absolute atomic E-state index is 15.5. The van der Waals surface area contributed by atoms with E-state index in [1.165, 1.54) is 38.2 Å². The van der Waals surface area contributed by atoms with Gasteiger partial charge in [-0.25, -0.2) is 14.2 Å². The van der Waals surface area contributed by atoms with Gasteiger partial charge in [-0.15, -0.1) is 0 Å². The smallest absolute Gasteiger partial charge is 0.411 e. The Hall–Kier alpha value is -3.84. The molecule has 160 valence electrons. The highest BCUT2D eigenvalue weighted by molar-refractivity contribution is 6.31. The lowest BCUT2D eigenvalue weighted by Gasteiger charge is -2.35. The number of carboxylic acid groups (broad SMARTS) is 1. The fourth-order valence-corrected chi connectivity index (χ4v) is 3.46. The maximum Gasteiger partial charge on any atom is 0.411 e. The number of carbonyl (C=O) groups excluding carboxylic acids is 1. The molecule has 11 heteroatoms. The molecule has 3 rings (SSSR count). The Morgan fingerprint density at radius 2 is 2.13 bits per heavy atom. The van der Waals surface area contributed by atoms with Gasteiger partial charge in [-0.2, -0.15) is 5.26 Å². The summed E-state index contributed by atoms with van der Waals surface area (Å²) in [6, 6.07) is 9.24. The van der Waals surface area contributed by atoms with E-state index in [0.29, 0.717) is 0 Å². The normalized spacial score (nSPS) is 18.2. The van der Waals surface area contributed by atoms with Gasteiger partial charge in [-0.05, 0) is 25.1 Å². The molecule has 2 amide bonds. The summed E-state index contributed by atoms with van der Waals surface area (Å²) < 4.78 is 15.5. The number of nitrogens with zero attached hydrogens (tertiary/aromatic N) is 3. The minimum absolute atomic E-state index is 0.0194. The average Bonchev–Trinajstić information content (AvgIpc) is 2.69. The van der Waals surface area contributed by atoms with Crippen LogP contribution in [0, 0.1) is 17.1 Å². The van der Waals surface area contributed by atoms with E-state index in [4.69, 9.17) is 22.4 Å². The summed E-state index contributed by atoms with van der Waals surface area (Å²) >= 11 is 6.01. The third kappa shape index (κ3) is 4.22. The summed E-state index contributed by atoms with van der Waals surface area (Å²) in [7, 11) is 1.37. The van der Waals surface area contributed by atoms with E-state index >= 15 is 4.39 Å². The standard InChI is InChI=1S/C20H18ClFN6O3/c1-20(8-15(29)28(2)18(27-20)26-19(30)31)12-4-3-5-13(16(12)22)25-14-7-11(21)6-10(9-23)17(14)24/h3-7,25H,8,24H2,1-2H3,(H,26,27)(H,30,31)/t20-/m0/s1. The zero-order chi connectivity index (χ0) is 22.9. The lowest BCUT2D eigenvalue weighted by atomic mass is 9.87. The van der Waals surface area contributed by atoms with E-state index < -0.39 is 23.4 Å². The molecule has 1 aliphatic rings. The zero-order valence-electron chi connectivity index (χ0n) is 16.5. The molecule has 5 N–H and O–H groups in total. The van der Waals surface area contributed by atoms with Crippen molar-refractivity contribution in [3.8, 4) is 6.07 Å². The number of nitriles is 1. The van der Waals surface area contributed by atoms with Crippen LogP contribution >= 0.6 is 11.6 Å². The summed E-state index contributed by atoms with van der Waals surface area (Å²) in [5.41, 5.74) is 5.17. The van der Waals surface area contributed by atoms with E-state index in [1.54, 1.807) is 6.07 Å². The molecule has 0 aliphatic carbocycles. The maximum atomic E-state index is 15.5. The number of benzene rings is 2. The number of halogens is 2. The van der Waals surface area contributed by atoms with Gasteiger partial charge in [0.05, 0.1) is 34.6 Å². The first-order chi connectivity index (χ1) is 14.6. The molecule has 1 aliphatic heterocycles. The molecule has 0 unspecified atom stereocenters. The third-order valence-electron chi connectivity index (χ3n) is 4.87. The number of nitrogen functional groups attached to an aromatic ring is 1. The van der Waals surface area contributed by atoms with Crippen molar-refractivity contribution in [3.05, 3.63) is 52.3 Å². The monoisotopic (exact) mass is 444 g/mol. The highest BCUT2D eigenvalue weighted by atomic mass is 35.5. The van der Waals surface area contributed by atoms with Crippen LogP contribution in [-0.4, -0.2) is 35.0 Å². The van der Waals surface area contributed by atoms with Crippen molar-refractivity contribution in [2.45, 2.75) is 18.9 Å². The molecule has 0 saturated carbocycles. The zero-order valence-corrected chi connectivity index (χ0v) is 17.3. The molecule has 0 saturated heterocycles. The van der Waals surface area contributed by atoms with Crippen LogP contribution in [0.1, 0.15) is 24.5 Å². The molecule has 0 aromatic heterocycles. The Balaban J connectivity index is 2.06. The number of hydrogen-bond acceptors (Lipinski definition) is 6. The highest BCUT2D eigenvalue weighted by Crippen LogP contribution is 2.38. The quantitative estimate of drug-likeness (QED) is 0.534. The van der Waals surface area contributed by atoms with Crippen molar-refractivity contribution in [2.24, 2.45) is 4.99 Å². The molecular weight excluding hydrogens is 427 g/mol. The number of carbonyl (C=O) groups is 2. The van der Waals surface area contributed by atoms with Crippen molar-refractivity contribution in [1.29, 1.82) is 5.26 Å². The predicted molar refractivity (Wildman–Crippen MR) is 114 cm³/mol. The van der Waals surface area contributed by atoms with Gasteiger partial charge in [-0.3, -0.25) is 15.0 Å². The van der Waals surface area contributed by atoms with E-state index in [-0.39, 0.29) is 45.6 Å². The van der Waals surface area contributed by atoms with Crippen molar-refractivity contribution in [3.63, 3.8) is 0 Å². The highest BCUT2D eigenvalue weighted by Gasteiger charge is 2.39. The van der Waals surface area contributed by atoms with Gasteiger partial charge < -0.3 is 16.2 Å². The lowest BCUT2D eigenvalue weighted by Crippen LogP contribution is -2.51. The fourth-order valence-electron chi connectivity index (χ4n) is 3.25. The van der Waals surface area contributed by atoms with Crippen LogP contribution in [0.4, 0.5) is 26.2 Å². The van der Waals surface area contributed by atoms with Crippen molar-refractivity contribution < 1.29 is 19.1 Å². The van der Waals surface area contributed by atoms with Crippen LogP contribution in [0.3, 0.4) is 0 Å². The van der Waals surface area contributed by atoms with Gasteiger partial charge in [0.25, 0.3) is 0 Å². The topological polar surface area (TPSA) is 144 Å². The van der Waals surface area contributed by atoms with Crippen molar-refractivity contribution in [1.82, 2.24) is 10.2 Å². The lowest BCUT2D eigenvalue weighted by molar-refractivity contribution is -0.128. The molecule has 2 aromatic carbocycles. The first-order valence-electron chi connectivity index (χ1n) is 8.97. The van der Waals surface area contributed by atoms with Crippen LogP contribution in [0.5, 0.6) is 0 Å². The Bertz CT molecular complexity index is 1160. The summed E-state index contributed by atoms with van der Waals surface area (Å²) in [4.78, 5) is 28.8. The Morgan fingerprint density at radius 3 is 2.77 bits per heavy atom. The number of nitrogens with one attached hydrogen (secondary N) is 2. The SMILES string of the molecule is CN1C(=O)C[C@@](C)(c2cccc(Nc3cc(Cl)cc(C#N)c3N)c2F)N=C1NC(=O)O. The molecule has 2 aromatic rings. The Morgan fingerprint density at radius 1 is 1.42 bits per heavy atom. The number of rotatable bonds is 3. The minimum Gasteiger partial charge on any atom is -0.465 e. The number of guanidine groups is 1. The molecule has 0 spiro atoms. The van der Waals surface area contributed by atoms with E-state index in [0.717, 1.165) is 4.90 Å². The van der Waals surface area contributed by atoms with E-state index in [1.807, 2.05) is 6.07 Å². The summed E-state index contributed by atoms with van der Waals surface area (Å²) in [5.74, 6) is -1.35. The molecule has 0 bridgehead atoms. The van der Waals surface area contributed by atoms with E-state index in [2.05, 4.69) is 15.6 Å². The van der Waals surface area contributed by atoms with Gasteiger partial charge in [-0.1, -0.05) is 23.7 Å². The van der Waals surface area contributed by atoms with Gasteiger partial charge >= 0.3 is 6.09 Å². The van der Waals surface area contributed by atoms with Crippen LogP contribution in [0.2, 0.25) is 5.02 Å². The predicted octanol–water partition coefficient (Wildman–Crippen LogP) is 3.38. The van der Waals surface area contributed by atoms with E-state index in [9.17, 15) is 14.9 Å². The van der Waals surface area contributed by atoms with Crippen LogP contribution in [-0.2, 0) is 10.3 Å². The first kappa shape index (κ1) is 21.9. The van der Waals surface area contributed by atoms with Gasteiger partial charge in [0.2, 0.25) is 11.9 Å². The van der Waals surface area contributed by atoms with Crippen LogP contribution < -0.4 is 16.4 Å². The molecule has 0 radical (unpaired) electrons. The number of nitrogens with two attached hydrogens (primary N) is 1. The second-order valence-corrected chi connectivity index (χ2v) is 7.52. The summed E-state index contributed by atoms with van der Waals surface area (Å²) in [6.45, 7) is 1.53. The third-order valence-corrected chi connectivity index (χ3v) is 5.09. The molecule has 1 heterocycles. The van der Waals surface area contributed by atoms with Gasteiger partial charge in [0.15, 0.2) is 5.82 Å². The Labute approximate surface area is 181 Å².